The lowest BCUT2D eigenvalue weighted by Crippen LogP contribution is -2.53. The summed E-state index contributed by atoms with van der Waals surface area (Å²) in [5, 5.41) is 8.21. The quantitative estimate of drug-likeness (QED) is 0.599. The average Bonchev–Trinajstić information content (AvgIpc) is 2.84. The summed E-state index contributed by atoms with van der Waals surface area (Å²) in [7, 11) is 0. The van der Waals surface area contributed by atoms with Crippen LogP contribution in [0, 0.1) is 28.6 Å². The summed E-state index contributed by atoms with van der Waals surface area (Å²) in [5.41, 5.74) is 6.95. The van der Waals surface area contributed by atoms with Crippen molar-refractivity contribution < 1.29 is 9.63 Å². The number of hydrogen-bond acceptors (Lipinski definition) is 5. The molecule has 5 nitrogen and oxygen atoms in total. The molecule has 0 amide bonds. The third-order valence-corrected chi connectivity index (χ3v) is 8.45. The number of carbonyl (C=O) groups excluding carboxylic acids is 1. The molecule has 26 heavy (non-hydrogen) atoms. The fraction of sp³-hybridized carbons (Fsp3) is 0.905. The topological polar surface area (TPSA) is 76.7 Å². The minimum Gasteiger partial charge on any atom is -0.395 e. The van der Waals surface area contributed by atoms with Crippen molar-refractivity contribution in [3.8, 4) is 0 Å². The summed E-state index contributed by atoms with van der Waals surface area (Å²) in [4.78, 5) is 17.9. The first-order valence-electron chi connectivity index (χ1n) is 10.6. The molecule has 0 bridgehead atoms. The smallest absolute Gasteiger partial charge is 0.139 e. The van der Waals surface area contributed by atoms with Gasteiger partial charge in [-0.1, -0.05) is 19.0 Å². The number of hydrogen-bond donors (Lipinski definition) is 2. The Balaban J connectivity index is 1.55. The highest BCUT2D eigenvalue weighted by Crippen LogP contribution is 2.61. The van der Waals surface area contributed by atoms with E-state index in [9.17, 15) is 4.79 Å². The van der Waals surface area contributed by atoms with Gasteiger partial charge in [-0.3, -0.25) is 4.79 Å². The SMILES string of the molecule is C[C@]12CC/C(=N/OCCN)CC1NCC[C@@H]1[C@@H]2CC[C@]2(C)C(=O)CC[C@@H]12. The summed E-state index contributed by atoms with van der Waals surface area (Å²) >= 11 is 0. The Kier molecular flexibility index (Phi) is 4.89. The Bertz CT molecular complexity index is 592. The van der Waals surface area contributed by atoms with Crippen LogP contribution >= 0.6 is 0 Å². The Morgan fingerprint density at radius 2 is 2.04 bits per heavy atom. The molecule has 0 aromatic heterocycles. The summed E-state index contributed by atoms with van der Waals surface area (Å²) < 4.78 is 0. The van der Waals surface area contributed by atoms with Gasteiger partial charge in [0.25, 0.3) is 0 Å². The number of nitrogens with zero attached hydrogens (tertiary/aromatic N) is 1. The fourth-order valence-electron chi connectivity index (χ4n) is 6.88. The van der Waals surface area contributed by atoms with Gasteiger partial charge in [0.1, 0.15) is 12.4 Å². The Labute approximate surface area is 157 Å². The van der Waals surface area contributed by atoms with E-state index >= 15 is 0 Å². The zero-order chi connectivity index (χ0) is 18.4. The molecule has 0 aromatic rings. The highest BCUT2D eigenvalue weighted by atomic mass is 16.6. The summed E-state index contributed by atoms with van der Waals surface area (Å²) in [6, 6.07) is 0.480. The lowest BCUT2D eigenvalue weighted by molar-refractivity contribution is -0.131. The number of Topliss-reactive ketones (excluding diaryl/α,β-unsaturated/α-hetero) is 1. The minimum absolute atomic E-state index is 0.0330. The highest BCUT2D eigenvalue weighted by molar-refractivity contribution is 5.87. The zero-order valence-corrected chi connectivity index (χ0v) is 16.4. The largest absolute Gasteiger partial charge is 0.395 e. The van der Waals surface area contributed by atoms with Crippen molar-refractivity contribution in [2.45, 2.75) is 71.3 Å². The van der Waals surface area contributed by atoms with E-state index in [2.05, 4.69) is 24.3 Å². The predicted octanol–water partition coefficient (Wildman–Crippen LogP) is 2.88. The molecule has 1 saturated heterocycles. The van der Waals surface area contributed by atoms with Crippen molar-refractivity contribution in [3.05, 3.63) is 0 Å². The molecular weight excluding hydrogens is 326 g/mol. The molecule has 5 heteroatoms. The second kappa shape index (κ2) is 6.90. The maximum Gasteiger partial charge on any atom is 0.139 e. The van der Waals surface area contributed by atoms with Crippen LogP contribution in [-0.2, 0) is 9.63 Å². The molecule has 0 spiro atoms. The number of ketones is 1. The summed E-state index contributed by atoms with van der Waals surface area (Å²) in [5.74, 6) is 2.58. The van der Waals surface area contributed by atoms with Crippen molar-refractivity contribution in [1.82, 2.24) is 5.32 Å². The van der Waals surface area contributed by atoms with Crippen molar-refractivity contribution in [1.29, 1.82) is 0 Å². The van der Waals surface area contributed by atoms with Crippen LogP contribution in [0.3, 0.4) is 0 Å². The minimum atomic E-state index is -0.0330. The van der Waals surface area contributed by atoms with Gasteiger partial charge in [0.2, 0.25) is 0 Å². The van der Waals surface area contributed by atoms with Gasteiger partial charge in [-0.25, -0.2) is 0 Å². The third kappa shape index (κ3) is 2.82. The molecule has 0 radical (unpaired) electrons. The van der Waals surface area contributed by atoms with Crippen molar-refractivity contribution >= 4 is 11.5 Å². The van der Waals surface area contributed by atoms with Gasteiger partial charge in [0, 0.05) is 30.8 Å². The average molecular weight is 362 g/mol. The molecule has 3 saturated carbocycles. The number of nitrogens with one attached hydrogen (secondary N) is 1. The normalized spacial score (nSPS) is 47.0. The Hall–Kier alpha value is -0.940. The van der Waals surface area contributed by atoms with E-state index in [0.29, 0.717) is 42.2 Å². The van der Waals surface area contributed by atoms with E-state index in [1.807, 2.05) is 0 Å². The zero-order valence-electron chi connectivity index (χ0n) is 16.4. The monoisotopic (exact) mass is 361 g/mol. The molecule has 1 aliphatic heterocycles. The van der Waals surface area contributed by atoms with Gasteiger partial charge < -0.3 is 15.9 Å². The van der Waals surface area contributed by atoms with Gasteiger partial charge in [0.05, 0.1) is 5.71 Å². The van der Waals surface area contributed by atoms with Crippen LogP contribution in [0.15, 0.2) is 5.16 Å². The first-order valence-corrected chi connectivity index (χ1v) is 10.6. The molecule has 0 aromatic carbocycles. The number of oxime groups is 1. The molecular formula is C21H35N3O2. The van der Waals surface area contributed by atoms with E-state index in [1.165, 1.54) is 25.0 Å². The van der Waals surface area contributed by atoms with E-state index in [1.54, 1.807) is 0 Å². The number of fused-ring (bicyclic) bond motifs is 5. The number of rotatable bonds is 3. The van der Waals surface area contributed by atoms with Crippen molar-refractivity contribution in [2.24, 2.45) is 39.5 Å². The number of nitrogens with two attached hydrogens (primary N) is 1. The fourth-order valence-corrected chi connectivity index (χ4v) is 6.88. The van der Waals surface area contributed by atoms with Crippen LogP contribution in [0.2, 0.25) is 0 Å². The highest BCUT2D eigenvalue weighted by Gasteiger charge is 2.59. The maximum atomic E-state index is 12.6. The van der Waals surface area contributed by atoms with Crippen LogP contribution in [0.1, 0.15) is 65.2 Å². The van der Waals surface area contributed by atoms with Gasteiger partial charge in [-0.05, 0) is 68.2 Å². The second-order valence-corrected chi connectivity index (χ2v) is 9.58. The lowest BCUT2D eigenvalue weighted by atomic mass is 9.51. The standard InChI is InChI=1S/C21H35N3O2/c1-20-8-5-14(24-26-12-10-22)13-18(20)23-11-7-15-16-3-4-19(25)21(16,2)9-6-17(15)20/h15-18,23H,3-13,22H2,1-2H3/b24-14-/t15-,16-,17-,18?,20+,21-/m0/s1. The molecule has 4 rings (SSSR count). The molecule has 4 fully saturated rings. The van der Waals surface area contributed by atoms with Crippen molar-refractivity contribution in [3.63, 3.8) is 0 Å². The molecule has 3 N–H and O–H groups in total. The van der Waals surface area contributed by atoms with E-state index in [-0.39, 0.29) is 5.41 Å². The summed E-state index contributed by atoms with van der Waals surface area (Å²) in [6.45, 7) is 6.85. The molecule has 4 aliphatic rings. The summed E-state index contributed by atoms with van der Waals surface area (Å²) in [6.07, 6.45) is 8.67. The first-order chi connectivity index (χ1) is 12.5. The number of carbonyl (C=O) groups is 1. The second-order valence-electron chi connectivity index (χ2n) is 9.58. The van der Waals surface area contributed by atoms with Crippen LogP contribution in [0.4, 0.5) is 0 Å². The van der Waals surface area contributed by atoms with E-state index in [0.717, 1.165) is 44.6 Å². The Morgan fingerprint density at radius 1 is 1.19 bits per heavy atom. The van der Waals surface area contributed by atoms with Crippen LogP contribution in [-0.4, -0.2) is 37.2 Å². The van der Waals surface area contributed by atoms with Crippen LogP contribution in [0.25, 0.3) is 0 Å². The molecule has 1 heterocycles. The molecule has 146 valence electrons. The molecule has 3 aliphatic carbocycles. The Morgan fingerprint density at radius 3 is 2.85 bits per heavy atom. The first kappa shape index (κ1) is 18.4. The molecule has 1 unspecified atom stereocenters. The van der Waals surface area contributed by atoms with Gasteiger partial charge in [0.15, 0.2) is 0 Å². The van der Waals surface area contributed by atoms with Crippen LogP contribution in [0.5, 0.6) is 0 Å². The third-order valence-electron chi connectivity index (χ3n) is 8.45. The predicted molar refractivity (Wildman–Crippen MR) is 103 cm³/mol. The van der Waals surface area contributed by atoms with Gasteiger partial charge in [-0.15, -0.1) is 0 Å². The van der Waals surface area contributed by atoms with Crippen molar-refractivity contribution in [2.75, 3.05) is 19.7 Å². The van der Waals surface area contributed by atoms with Gasteiger partial charge >= 0.3 is 0 Å². The van der Waals surface area contributed by atoms with E-state index < -0.39 is 0 Å². The van der Waals surface area contributed by atoms with E-state index in [4.69, 9.17) is 10.6 Å². The van der Waals surface area contributed by atoms with Gasteiger partial charge in [-0.2, -0.15) is 0 Å². The molecule has 6 atom stereocenters. The maximum absolute atomic E-state index is 12.6. The lowest BCUT2D eigenvalue weighted by Gasteiger charge is -2.54. The van der Waals surface area contributed by atoms with Crippen LogP contribution < -0.4 is 11.1 Å².